The summed E-state index contributed by atoms with van der Waals surface area (Å²) in [6.07, 6.45) is 1.70. The fourth-order valence-electron chi connectivity index (χ4n) is 2.65. The first kappa shape index (κ1) is 19.6. The van der Waals surface area contributed by atoms with Crippen molar-refractivity contribution in [1.82, 2.24) is 0 Å². The van der Waals surface area contributed by atoms with Crippen molar-refractivity contribution in [2.24, 2.45) is 10.9 Å². The number of carbonyl (C=O) groups excluding carboxylic acids is 1. The van der Waals surface area contributed by atoms with Gasteiger partial charge in [-0.1, -0.05) is 32.0 Å². The number of ether oxygens (including phenoxy) is 1. The van der Waals surface area contributed by atoms with E-state index in [0.29, 0.717) is 29.6 Å². The van der Waals surface area contributed by atoms with E-state index in [1.807, 2.05) is 50.2 Å². The molecule has 0 amide bonds. The summed E-state index contributed by atoms with van der Waals surface area (Å²) in [6.45, 7) is 8.57. The van der Waals surface area contributed by atoms with Gasteiger partial charge in [0, 0.05) is 5.56 Å². The summed E-state index contributed by atoms with van der Waals surface area (Å²) in [5.74, 6) is 1.32. The maximum absolute atomic E-state index is 12.2. The topological polar surface area (TPSA) is 51.8 Å². The summed E-state index contributed by atoms with van der Waals surface area (Å²) < 4.78 is 11.2. The van der Waals surface area contributed by atoms with Crippen molar-refractivity contribution in [2.75, 3.05) is 6.61 Å². The quantitative estimate of drug-likeness (QED) is 0.385. The van der Waals surface area contributed by atoms with Gasteiger partial charge < -0.3 is 9.15 Å². The molecule has 0 unspecified atom stereocenters. The van der Waals surface area contributed by atoms with Crippen molar-refractivity contribution in [3.05, 3.63) is 77.0 Å². The Balaban J connectivity index is 1.74. The molecule has 0 saturated heterocycles. The molecule has 0 aliphatic rings. The van der Waals surface area contributed by atoms with Crippen molar-refractivity contribution in [3.8, 4) is 11.3 Å². The van der Waals surface area contributed by atoms with Crippen molar-refractivity contribution >= 4 is 17.9 Å². The van der Waals surface area contributed by atoms with Crippen LogP contribution in [0, 0.1) is 19.8 Å². The molecule has 0 radical (unpaired) electrons. The number of esters is 1. The van der Waals surface area contributed by atoms with Crippen molar-refractivity contribution < 1.29 is 13.9 Å². The van der Waals surface area contributed by atoms with Gasteiger partial charge in [-0.2, -0.15) is 0 Å². The minimum Gasteiger partial charge on any atom is -0.462 e. The van der Waals surface area contributed by atoms with Crippen LogP contribution in [0.25, 0.3) is 11.3 Å². The van der Waals surface area contributed by atoms with Crippen molar-refractivity contribution in [2.45, 2.75) is 27.7 Å². The highest BCUT2D eigenvalue weighted by molar-refractivity contribution is 5.91. The lowest BCUT2D eigenvalue weighted by atomic mass is 10.1. The number of hydrogen-bond acceptors (Lipinski definition) is 4. The van der Waals surface area contributed by atoms with Crippen LogP contribution in [0.2, 0.25) is 0 Å². The smallest absolute Gasteiger partial charge is 0.338 e. The van der Waals surface area contributed by atoms with E-state index in [1.54, 1.807) is 18.3 Å². The molecule has 0 N–H and O–H groups in total. The highest BCUT2D eigenvalue weighted by Crippen LogP contribution is 2.24. The third-order valence-electron chi connectivity index (χ3n) is 4.39. The van der Waals surface area contributed by atoms with Gasteiger partial charge in [0.2, 0.25) is 0 Å². The number of benzene rings is 2. The zero-order valence-corrected chi connectivity index (χ0v) is 16.7. The Morgan fingerprint density at radius 2 is 1.89 bits per heavy atom. The molecule has 1 aromatic heterocycles. The Morgan fingerprint density at radius 3 is 2.64 bits per heavy atom. The van der Waals surface area contributed by atoms with Gasteiger partial charge in [0.15, 0.2) is 0 Å². The van der Waals surface area contributed by atoms with Crippen LogP contribution in [0.3, 0.4) is 0 Å². The molecule has 0 saturated carbocycles. The van der Waals surface area contributed by atoms with E-state index in [9.17, 15) is 4.79 Å². The van der Waals surface area contributed by atoms with Crippen LogP contribution in [-0.4, -0.2) is 18.8 Å². The number of aryl methyl sites for hydroxylation is 2. The molecule has 0 bridgehead atoms. The van der Waals surface area contributed by atoms with Crippen molar-refractivity contribution in [1.29, 1.82) is 0 Å². The third-order valence-corrected chi connectivity index (χ3v) is 4.39. The average molecular weight is 375 g/mol. The van der Waals surface area contributed by atoms with Gasteiger partial charge in [-0.15, -0.1) is 0 Å². The number of rotatable bonds is 6. The van der Waals surface area contributed by atoms with E-state index >= 15 is 0 Å². The zero-order valence-electron chi connectivity index (χ0n) is 16.7. The van der Waals surface area contributed by atoms with E-state index in [2.05, 4.69) is 24.9 Å². The maximum atomic E-state index is 12.2. The van der Waals surface area contributed by atoms with Gasteiger partial charge >= 0.3 is 5.97 Å². The molecule has 4 nitrogen and oxygen atoms in total. The molecule has 2 aromatic carbocycles. The van der Waals surface area contributed by atoms with Crippen LogP contribution in [0.5, 0.6) is 0 Å². The largest absolute Gasteiger partial charge is 0.462 e. The molecule has 3 aromatic rings. The monoisotopic (exact) mass is 375 g/mol. The van der Waals surface area contributed by atoms with Crippen LogP contribution < -0.4 is 0 Å². The van der Waals surface area contributed by atoms with Gasteiger partial charge in [0.05, 0.1) is 24.1 Å². The highest BCUT2D eigenvalue weighted by Gasteiger charge is 2.11. The van der Waals surface area contributed by atoms with Crippen LogP contribution in [-0.2, 0) is 4.74 Å². The summed E-state index contributed by atoms with van der Waals surface area (Å²) in [5.41, 5.74) is 4.67. The Labute approximate surface area is 165 Å². The lowest BCUT2D eigenvalue weighted by Crippen LogP contribution is -2.10. The first-order chi connectivity index (χ1) is 13.4. The molecule has 3 rings (SSSR count). The molecule has 1 heterocycles. The molecule has 0 aliphatic carbocycles. The number of nitrogens with zero attached hydrogens (tertiary/aromatic N) is 1. The Hall–Kier alpha value is -3.14. The molecule has 0 aliphatic heterocycles. The minimum absolute atomic E-state index is 0.302. The SMILES string of the molecule is Cc1ccc(N=Cc2ccc(-c3cccc(C(=O)OCC(C)C)c3)o2)cc1C. The number of hydrogen-bond donors (Lipinski definition) is 0. The summed E-state index contributed by atoms with van der Waals surface area (Å²) in [5, 5.41) is 0. The molecular weight excluding hydrogens is 350 g/mol. The Kier molecular flexibility index (Phi) is 6.09. The maximum Gasteiger partial charge on any atom is 0.338 e. The predicted molar refractivity (Wildman–Crippen MR) is 112 cm³/mol. The molecule has 0 spiro atoms. The van der Waals surface area contributed by atoms with Crippen LogP contribution in [0.15, 0.2) is 64.0 Å². The summed E-state index contributed by atoms with van der Waals surface area (Å²) in [4.78, 5) is 16.7. The first-order valence-corrected chi connectivity index (χ1v) is 9.41. The number of furan rings is 1. The molecule has 0 fully saturated rings. The minimum atomic E-state index is -0.321. The predicted octanol–water partition coefficient (Wildman–Crippen LogP) is 6.13. The summed E-state index contributed by atoms with van der Waals surface area (Å²) in [7, 11) is 0. The Morgan fingerprint density at radius 1 is 1.07 bits per heavy atom. The summed E-state index contributed by atoms with van der Waals surface area (Å²) in [6, 6.07) is 17.1. The van der Waals surface area contributed by atoms with Gasteiger partial charge in [-0.3, -0.25) is 4.99 Å². The number of aliphatic imine (C=N–C) groups is 1. The average Bonchev–Trinajstić information content (AvgIpc) is 3.16. The van der Waals surface area contributed by atoms with Crippen LogP contribution in [0.1, 0.15) is 41.1 Å². The lowest BCUT2D eigenvalue weighted by Gasteiger charge is -2.07. The highest BCUT2D eigenvalue weighted by atomic mass is 16.5. The second kappa shape index (κ2) is 8.70. The standard InChI is InChI=1S/C24H25NO3/c1-16(2)15-27-24(26)20-7-5-6-19(13-20)23-11-10-22(28-23)14-25-21-9-8-17(3)18(4)12-21/h5-14,16H,15H2,1-4H3. The van der Waals surface area contributed by atoms with Crippen LogP contribution in [0.4, 0.5) is 5.69 Å². The van der Waals surface area contributed by atoms with E-state index in [1.165, 1.54) is 11.1 Å². The van der Waals surface area contributed by atoms with Crippen LogP contribution >= 0.6 is 0 Å². The van der Waals surface area contributed by atoms with E-state index in [4.69, 9.17) is 9.15 Å². The number of carbonyl (C=O) groups is 1. The molecule has 4 heteroatoms. The second-order valence-electron chi connectivity index (χ2n) is 7.30. The van der Waals surface area contributed by atoms with Gasteiger partial charge in [0.25, 0.3) is 0 Å². The third kappa shape index (κ3) is 4.97. The van der Waals surface area contributed by atoms with E-state index in [0.717, 1.165) is 11.3 Å². The second-order valence-corrected chi connectivity index (χ2v) is 7.30. The van der Waals surface area contributed by atoms with Gasteiger partial charge in [-0.05, 0) is 67.3 Å². The van der Waals surface area contributed by atoms with Gasteiger partial charge in [0.1, 0.15) is 11.5 Å². The van der Waals surface area contributed by atoms with E-state index in [-0.39, 0.29) is 5.97 Å². The summed E-state index contributed by atoms with van der Waals surface area (Å²) >= 11 is 0. The van der Waals surface area contributed by atoms with E-state index < -0.39 is 0 Å². The normalized spacial score (nSPS) is 11.3. The fourth-order valence-corrected chi connectivity index (χ4v) is 2.65. The fraction of sp³-hybridized carbons (Fsp3) is 0.250. The van der Waals surface area contributed by atoms with Gasteiger partial charge in [-0.25, -0.2) is 4.79 Å². The molecular formula is C24H25NO3. The lowest BCUT2D eigenvalue weighted by molar-refractivity contribution is 0.0459. The zero-order chi connectivity index (χ0) is 20.1. The van der Waals surface area contributed by atoms with Crippen molar-refractivity contribution in [3.63, 3.8) is 0 Å². The molecule has 144 valence electrons. The molecule has 0 atom stereocenters. The first-order valence-electron chi connectivity index (χ1n) is 9.41. The Bertz CT molecular complexity index is 999. The molecule has 28 heavy (non-hydrogen) atoms.